The second kappa shape index (κ2) is 6.87. The van der Waals surface area contributed by atoms with Gasteiger partial charge in [0.25, 0.3) is 0 Å². The number of aliphatic hydroxyl groups excluding tert-OH is 2. The van der Waals surface area contributed by atoms with Crippen molar-refractivity contribution in [3.8, 4) is 23.0 Å². The highest BCUT2D eigenvalue weighted by Gasteiger charge is 2.43. The van der Waals surface area contributed by atoms with Crippen molar-refractivity contribution in [2.24, 2.45) is 11.8 Å². The maximum atomic E-state index is 11.3. The molecule has 4 atom stereocenters. The number of methoxy groups -OCH3 is 1. The summed E-state index contributed by atoms with van der Waals surface area (Å²) in [6.45, 7) is 1.35. The van der Waals surface area contributed by atoms with Crippen molar-refractivity contribution in [2.45, 2.75) is 25.0 Å². The molecule has 0 radical (unpaired) electrons. The SMILES string of the molecule is COc1ccc2c(c1)C(O)C(C1COc3ccc4c(c3C1O)CCCO4)CO2. The van der Waals surface area contributed by atoms with Gasteiger partial charge in [0.05, 0.1) is 39.1 Å². The summed E-state index contributed by atoms with van der Waals surface area (Å²) >= 11 is 0. The Labute approximate surface area is 163 Å². The Morgan fingerprint density at radius 3 is 2.43 bits per heavy atom. The zero-order valence-corrected chi connectivity index (χ0v) is 15.8. The van der Waals surface area contributed by atoms with E-state index in [1.807, 2.05) is 24.3 Å². The van der Waals surface area contributed by atoms with E-state index in [9.17, 15) is 10.2 Å². The molecule has 148 valence electrons. The summed E-state index contributed by atoms with van der Waals surface area (Å²) in [7, 11) is 1.59. The molecule has 0 amide bonds. The molecule has 3 heterocycles. The van der Waals surface area contributed by atoms with Crippen LogP contribution in [-0.4, -0.2) is 37.1 Å². The summed E-state index contributed by atoms with van der Waals surface area (Å²) in [5.41, 5.74) is 2.51. The Hall–Kier alpha value is -2.44. The largest absolute Gasteiger partial charge is 0.497 e. The van der Waals surface area contributed by atoms with Crippen LogP contribution in [-0.2, 0) is 6.42 Å². The van der Waals surface area contributed by atoms with E-state index in [1.165, 1.54) is 0 Å². The Bertz CT molecular complexity index is 895. The van der Waals surface area contributed by atoms with Crippen molar-refractivity contribution in [3.05, 3.63) is 47.0 Å². The van der Waals surface area contributed by atoms with Crippen LogP contribution in [0.25, 0.3) is 0 Å². The first-order chi connectivity index (χ1) is 13.7. The molecular formula is C22H24O6. The zero-order chi connectivity index (χ0) is 19.3. The van der Waals surface area contributed by atoms with Gasteiger partial charge in [0.1, 0.15) is 23.0 Å². The zero-order valence-electron chi connectivity index (χ0n) is 15.8. The van der Waals surface area contributed by atoms with E-state index in [4.69, 9.17) is 18.9 Å². The number of aliphatic hydroxyl groups is 2. The monoisotopic (exact) mass is 384 g/mol. The third-order valence-electron chi connectivity index (χ3n) is 6.16. The molecule has 2 aromatic carbocycles. The number of ether oxygens (including phenoxy) is 4. The van der Waals surface area contributed by atoms with Crippen LogP contribution >= 0.6 is 0 Å². The van der Waals surface area contributed by atoms with Crippen LogP contribution < -0.4 is 18.9 Å². The van der Waals surface area contributed by atoms with Crippen molar-refractivity contribution in [3.63, 3.8) is 0 Å². The maximum Gasteiger partial charge on any atom is 0.125 e. The molecular weight excluding hydrogens is 360 g/mol. The molecule has 0 saturated carbocycles. The van der Waals surface area contributed by atoms with E-state index in [0.29, 0.717) is 42.6 Å². The normalized spacial score (nSPS) is 28.0. The third kappa shape index (κ3) is 2.71. The lowest BCUT2D eigenvalue weighted by atomic mass is 9.76. The van der Waals surface area contributed by atoms with Gasteiger partial charge in [-0.3, -0.25) is 0 Å². The first-order valence-electron chi connectivity index (χ1n) is 9.75. The van der Waals surface area contributed by atoms with Crippen LogP contribution in [0.5, 0.6) is 23.0 Å². The third-order valence-corrected chi connectivity index (χ3v) is 6.16. The lowest BCUT2D eigenvalue weighted by Crippen LogP contribution is -2.40. The molecule has 0 aliphatic carbocycles. The highest BCUT2D eigenvalue weighted by molar-refractivity contribution is 5.52. The number of benzene rings is 2. The Balaban J connectivity index is 1.48. The van der Waals surface area contributed by atoms with E-state index in [-0.39, 0.29) is 11.8 Å². The molecule has 0 aromatic heterocycles. The molecule has 3 aliphatic rings. The summed E-state index contributed by atoms with van der Waals surface area (Å²) in [5, 5.41) is 22.3. The van der Waals surface area contributed by atoms with Crippen molar-refractivity contribution in [1.82, 2.24) is 0 Å². The van der Waals surface area contributed by atoms with Crippen LogP contribution in [0.3, 0.4) is 0 Å². The fourth-order valence-electron chi connectivity index (χ4n) is 4.63. The van der Waals surface area contributed by atoms with Crippen LogP contribution in [0.1, 0.15) is 35.3 Å². The van der Waals surface area contributed by atoms with E-state index < -0.39 is 12.2 Å². The molecule has 5 rings (SSSR count). The summed E-state index contributed by atoms with van der Waals surface area (Å²) < 4.78 is 22.9. The minimum Gasteiger partial charge on any atom is -0.497 e. The summed E-state index contributed by atoms with van der Waals surface area (Å²) in [5.74, 6) is 2.28. The van der Waals surface area contributed by atoms with Gasteiger partial charge in [-0.15, -0.1) is 0 Å². The lowest BCUT2D eigenvalue weighted by molar-refractivity contribution is -0.0557. The topological polar surface area (TPSA) is 77.4 Å². The van der Waals surface area contributed by atoms with Gasteiger partial charge in [0.2, 0.25) is 0 Å². The molecule has 6 heteroatoms. The maximum absolute atomic E-state index is 11.3. The summed E-state index contributed by atoms with van der Waals surface area (Å²) in [6, 6.07) is 9.21. The van der Waals surface area contributed by atoms with Gasteiger partial charge in [-0.1, -0.05) is 0 Å². The lowest BCUT2D eigenvalue weighted by Gasteiger charge is -2.41. The summed E-state index contributed by atoms with van der Waals surface area (Å²) in [4.78, 5) is 0. The van der Waals surface area contributed by atoms with Gasteiger partial charge >= 0.3 is 0 Å². The smallest absolute Gasteiger partial charge is 0.125 e. The number of hydrogen-bond donors (Lipinski definition) is 2. The van der Waals surface area contributed by atoms with Crippen LogP contribution in [0, 0.1) is 11.8 Å². The average Bonchev–Trinajstić information content (AvgIpc) is 2.74. The molecule has 2 aromatic rings. The fraction of sp³-hybridized carbons (Fsp3) is 0.455. The predicted molar refractivity (Wildman–Crippen MR) is 101 cm³/mol. The van der Waals surface area contributed by atoms with Crippen LogP contribution in [0.4, 0.5) is 0 Å². The molecule has 0 fully saturated rings. The van der Waals surface area contributed by atoms with Crippen molar-refractivity contribution < 1.29 is 29.2 Å². The fourth-order valence-corrected chi connectivity index (χ4v) is 4.63. The molecule has 0 spiro atoms. The van der Waals surface area contributed by atoms with Crippen molar-refractivity contribution in [1.29, 1.82) is 0 Å². The minimum absolute atomic E-state index is 0.282. The van der Waals surface area contributed by atoms with Gasteiger partial charge < -0.3 is 29.2 Å². The van der Waals surface area contributed by atoms with Crippen molar-refractivity contribution >= 4 is 0 Å². The molecule has 4 unspecified atom stereocenters. The first-order valence-corrected chi connectivity index (χ1v) is 9.75. The van der Waals surface area contributed by atoms with Gasteiger partial charge in [-0.2, -0.15) is 0 Å². The standard InChI is InChI=1S/C22H24O6/c1-25-12-4-5-18-14(9-12)21(23)15(10-27-18)16-11-28-19-7-6-17-13(3-2-8-26-17)20(19)22(16)24/h4-7,9,15-16,21-24H,2-3,8,10-11H2,1H3. The van der Waals surface area contributed by atoms with E-state index in [1.54, 1.807) is 13.2 Å². The Kier molecular flexibility index (Phi) is 4.33. The molecule has 6 nitrogen and oxygen atoms in total. The highest BCUT2D eigenvalue weighted by atomic mass is 16.5. The molecule has 0 bridgehead atoms. The minimum atomic E-state index is -0.764. The van der Waals surface area contributed by atoms with E-state index in [0.717, 1.165) is 29.7 Å². The van der Waals surface area contributed by atoms with Gasteiger partial charge in [-0.25, -0.2) is 0 Å². The quantitative estimate of drug-likeness (QED) is 0.829. The molecule has 28 heavy (non-hydrogen) atoms. The number of fused-ring (bicyclic) bond motifs is 4. The second-order valence-electron chi connectivity index (χ2n) is 7.65. The molecule has 2 N–H and O–H groups in total. The van der Waals surface area contributed by atoms with Crippen LogP contribution in [0.2, 0.25) is 0 Å². The van der Waals surface area contributed by atoms with Crippen LogP contribution in [0.15, 0.2) is 30.3 Å². The number of rotatable bonds is 2. The van der Waals surface area contributed by atoms with Gasteiger partial charge in [0, 0.05) is 28.5 Å². The first kappa shape index (κ1) is 17.6. The Morgan fingerprint density at radius 1 is 0.893 bits per heavy atom. The second-order valence-corrected chi connectivity index (χ2v) is 7.65. The molecule has 3 aliphatic heterocycles. The van der Waals surface area contributed by atoms with Crippen molar-refractivity contribution in [2.75, 3.05) is 26.9 Å². The number of hydrogen-bond acceptors (Lipinski definition) is 6. The van der Waals surface area contributed by atoms with Gasteiger partial charge in [0.15, 0.2) is 0 Å². The Morgan fingerprint density at radius 2 is 1.61 bits per heavy atom. The van der Waals surface area contributed by atoms with Gasteiger partial charge in [-0.05, 0) is 43.2 Å². The predicted octanol–water partition coefficient (Wildman–Crippen LogP) is 2.80. The highest BCUT2D eigenvalue weighted by Crippen LogP contribution is 2.49. The van der Waals surface area contributed by atoms with E-state index in [2.05, 4.69) is 0 Å². The average molecular weight is 384 g/mol. The molecule has 0 saturated heterocycles. The van der Waals surface area contributed by atoms with E-state index >= 15 is 0 Å². The summed E-state index contributed by atoms with van der Waals surface area (Å²) in [6.07, 6.45) is 0.272.